The molecule has 1 N–H and O–H groups in total. The first-order valence-electron chi connectivity index (χ1n) is 7.34. The van der Waals surface area contributed by atoms with Crippen LogP contribution in [0.4, 0.5) is 5.82 Å². The summed E-state index contributed by atoms with van der Waals surface area (Å²) in [5.74, 6) is 0.891. The first kappa shape index (κ1) is 13.6. The summed E-state index contributed by atoms with van der Waals surface area (Å²) in [6, 6.07) is 18.5. The summed E-state index contributed by atoms with van der Waals surface area (Å²) in [6.45, 7) is 2.90. The van der Waals surface area contributed by atoms with Crippen molar-refractivity contribution < 1.29 is 0 Å². The van der Waals surface area contributed by atoms with E-state index in [1.165, 1.54) is 5.56 Å². The Morgan fingerprint density at radius 3 is 2.29 bits per heavy atom. The number of aryl methyl sites for hydroxylation is 2. The fourth-order valence-corrected chi connectivity index (χ4v) is 2.40. The van der Waals surface area contributed by atoms with Gasteiger partial charge in [-0.15, -0.1) is 0 Å². The molecule has 0 fully saturated rings. The Morgan fingerprint density at radius 2 is 1.52 bits per heavy atom. The van der Waals surface area contributed by atoms with Gasteiger partial charge in [0.25, 0.3) is 0 Å². The van der Waals surface area contributed by atoms with E-state index < -0.39 is 0 Å². The molecule has 1 aromatic heterocycles. The van der Waals surface area contributed by atoms with Crippen molar-refractivity contribution in [3.05, 3.63) is 65.9 Å². The maximum absolute atomic E-state index is 4.65. The van der Waals surface area contributed by atoms with Gasteiger partial charge in [-0.3, -0.25) is 0 Å². The highest BCUT2D eigenvalue weighted by atomic mass is 15.0. The largest absolute Gasteiger partial charge is 0.369 e. The Kier molecular flexibility index (Phi) is 4.10. The molecule has 106 valence electrons. The molecular formula is C18H19N3. The van der Waals surface area contributed by atoms with E-state index in [-0.39, 0.29) is 0 Å². The summed E-state index contributed by atoms with van der Waals surface area (Å²) >= 11 is 0. The van der Waals surface area contributed by atoms with Crippen LogP contribution in [0.15, 0.2) is 54.6 Å². The molecule has 3 aromatic rings. The van der Waals surface area contributed by atoms with Gasteiger partial charge in [0.1, 0.15) is 5.82 Å². The number of nitrogens with zero attached hydrogens (tertiary/aromatic N) is 2. The molecule has 2 aromatic carbocycles. The van der Waals surface area contributed by atoms with E-state index in [1.807, 2.05) is 31.2 Å². The molecule has 0 aliphatic rings. The van der Waals surface area contributed by atoms with Crippen LogP contribution in [-0.4, -0.2) is 16.5 Å². The molecule has 0 saturated heterocycles. The number of para-hydroxylation sites is 2. The standard InChI is InChI=1S/C18H19N3/c1-14-18(21-17-12-6-5-11-16(17)20-14)19-13-7-10-15-8-3-2-4-9-15/h2-6,8-9,11-12H,7,10,13H2,1H3,(H,19,21). The fourth-order valence-electron chi connectivity index (χ4n) is 2.40. The van der Waals surface area contributed by atoms with Gasteiger partial charge in [-0.05, 0) is 37.5 Å². The first-order valence-corrected chi connectivity index (χ1v) is 7.34. The van der Waals surface area contributed by atoms with Gasteiger partial charge >= 0.3 is 0 Å². The Labute approximate surface area is 125 Å². The van der Waals surface area contributed by atoms with Crippen LogP contribution >= 0.6 is 0 Å². The highest BCUT2D eigenvalue weighted by molar-refractivity contribution is 5.76. The predicted octanol–water partition coefficient (Wildman–Crippen LogP) is 3.98. The monoisotopic (exact) mass is 277 g/mol. The second kappa shape index (κ2) is 6.35. The second-order valence-electron chi connectivity index (χ2n) is 5.16. The maximum Gasteiger partial charge on any atom is 0.148 e. The average molecular weight is 277 g/mol. The summed E-state index contributed by atoms with van der Waals surface area (Å²) in [5, 5.41) is 3.40. The Bertz CT molecular complexity index is 723. The number of hydrogen-bond acceptors (Lipinski definition) is 3. The van der Waals surface area contributed by atoms with Crippen LogP contribution in [0.5, 0.6) is 0 Å². The van der Waals surface area contributed by atoms with Gasteiger partial charge in [0.2, 0.25) is 0 Å². The summed E-state index contributed by atoms with van der Waals surface area (Å²) in [7, 11) is 0. The minimum atomic E-state index is 0.891. The van der Waals surface area contributed by atoms with Crippen LogP contribution in [0.2, 0.25) is 0 Å². The zero-order valence-electron chi connectivity index (χ0n) is 12.2. The van der Waals surface area contributed by atoms with Gasteiger partial charge in [0.15, 0.2) is 0 Å². The van der Waals surface area contributed by atoms with Crippen LogP contribution in [-0.2, 0) is 6.42 Å². The SMILES string of the molecule is Cc1nc2ccccc2nc1NCCCc1ccccc1. The van der Waals surface area contributed by atoms with Gasteiger partial charge in [0, 0.05) is 6.54 Å². The molecule has 0 spiro atoms. The van der Waals surface area contributed by atoms with Crippen LogP contribution in [0, 0.1) is 6.92 Å². The highest BCUT2D eigenvalue weighted by Gasteiger charge is 2.03. The minimum absolute atomic E-state index is 0.891. The molecule has 0 saturated carbocycles. The van der Waals surface area contributed by atoms with E-state index in [0.717, 1.165) is 41.9 Å². The lowest BCUT2D eigenvalue weighted by Gasteiger charge is -2.09. The van der Waals surface area contributed by atoms with Crippen molar-refractivity contribution in [2.75, 3.05) is 11.9 Å². The number of fused-ring (bicyclic) bond motifs is 1. The van der Waals surface area contributed by atoms with Gasteiger partial charge in [0.05, 0.1) is 16.7 Å². The average Bonchev–Trinajstić information content (AvgIpc) is 2.53. The Balaban J connectivity index is 1.61. The van der Waals surface area contributed by atoms with E-state index in [2.05, 4.69) is 45.6 Å². The molecular weight excluding hydrogens is 258 g/mol. The van der Waals surface area contributed by atoms with E-state index in [1.54, 1.807) is 0 Å². The van der Waals surface area contributed by atoms with Crippen molar-refractivity contribution in [2.24, 2.45) is 0 Å². The summed E-state index contributed by atoms with van der Waals surface area (Å²) in [5.41, 5.74) is 4.22. The number of rotatable bonds is 5. The second-order valence-corrected chi connectivity index (χ2v) is 5.16. The lowest BCUT2D eigenvalue weighted by molar-refractivity contribution is 0.857. The molecule has 0 atom stereocenters. The van der Waals surface area contributed by atoms with Crippen molar-refractivity contribution in [3.63, 3.8) is 0 Å². The van der Waals surface area contributed by atoms with Crippen molar-refractivity contribution in [2.45, 2.75) is 19.8 Å². The van der Waals surface area contributed by atoms with Gasteiger partial charge < -0.3 is 5.32 Å². The summed E-state index contributed by atoms with van der Waals surface area (Å²) < 4.78 is 0. The Hall–Kier alpha value is -2.42. The molecule has 21 heavy (non-hydrogen) atoms. The minimum Gasteiger partial charge on any atom is -0.369 e. The third-order valence-electron chi connectivity index (χ3n) is 3.52. The number of aromatic nitrogens is 2. The van der Waals surface area contributed by atoms with Gasteiger partial charge in [-0.25, -0.2) is 9.97 Å². The fraction of sp³-hybridized carbons (Fsp3) is 0.222. The highest BCUT2D eigenvalue weighted by Crippen LogP contribution is 2.16. The molecule has 0 unspecified atom stereocenters. The molecule has 0 aliphatic carbocycles. The topological polar surface area (TPSA) is 37.8 Å². The van der Waals surface area contributed by atoms with Crippen LogP contribution in [0.3, 0.4) is 0 Å². The van der Waals surface area contributed by atoms with Crippen molar-refractivity contribution in [3.8, 4) is 0 Å². The summed E-state index contributed by atoms with van der Waals surface area (Å²) in [6.07, 6.45) is 2.16. The third kappa shape index (κ3) is 3.37. The lowest BCUT2D eigenvalue weighted by Crippen LogP contribution is -2.07. The smallest absolute Gasteiger partial charge is 0.148 e. The molecule has 1 heterocycles. The van der Waals surface area contributed by atoms with E-state index in [9.17, 15) is 0 Å². The number of nitrogens with one attached hydrogen (secondary N) is 1. The Morgan fingerprint density at radius 1 is 0.857 bits per heavy atom. The van der Waals surface area contributed by atoms with E-state index in [0.29, 0.717) is 0 Å². The molecule has 0 amide bonds. The quantitative estimate of drug-likeness (QED) is 0.717. The molecule has 3 heteroatoms. The zero-order valence-corrected chi connectivity index (χ0v) is 12.2. The lowest BCUT2D eigenvalue weighted by atomic mass is 10.1. The predicted molar refractivity (Wildman–Crippen MR) is 87.5 cm³/mol. The van der Waals surface area contributed by atoms with Crippen LogP contribution < -0.4 is 5.32 Å². The number of anilines is 1. The zero-order chi connectivity index (χ0) is 14.5. The normalized spacial score (nSPS) is 10.7. The van der Waals surface area contributed by atoms with Crippen molar-refractivity contribution in [1.29, 1.82) is 0 Å². The van der Waals surface area contributed by atoms with E-state index >= 15 is 0 Å². The third-order valence-corrected chi connectivity index (χ3v) is 3.52. The van der Waals surface area contributed by atoms with Gasteiger partial charge in [-0.2, -0.15) is 0 Å². The molecule has 3 nitrogen and oxygen atoms in total. The maximum atomic E-state index is 4.65. The molecule has 0 aliphatic heterocycles. The molecule has 0 bridgehead atoms. The van der Waals surface area contributed by atoms with Gasteiger partial charge in [-0.1, -0.05) is 42.5 Å². The van der Waals surface area contributed by atoms with Crippen molar-refractivity contribution >= 4 is 16.9 Å². The molecule has 3 rings (SSSR count). The van der Waals surface area contributed by atoms with E-state index in [4.69, 9.17) is 0 Å². The number of benzene rings is 2. The summed E-state index contributed by atoms with van der Waals surface area (Å²) in [4.78, 5) is 9.23. The van der Waals surface area contributed by atoms with Crippen molar-refractivity contribution in [1.82, 2.24) is 9.97 Å². The molecule has 0 radical (unpaired) electrons. The number of hydrogen-bond donors (Lipinski definition) is 1. The van der Waals surface area contributed by atoms with Crippen LogP contribution in [0.1, 0.15) is 17.7 Å². The van der Waals surface area contributed by atoms with Crippen LogP contribution in [0.25, 0.3) is 11.0 Å². The first-order chi connectivity index (χ1) is 10.3.